The summed E-state index contributed by atoms with van der Waals surface area (Å²) in [5, 5.41) is 3.07. The van der Waals surface area contributed by atoms with Crippen molar-refractivity contribution in [3.8, 4) is 16.9 Å². The lowest BCUT2D eigenvalue weighted by molar-refractivity contribution is -0.118. The van der Waals surface area contributed by atoms with Crippen LogP contribution < -0.4 is 10.1 Å². The number of hydrogen-bond donors (Lipinski definition) is 1. The van der Waals surface area contributed by atoms with Gasteiger partial charge in [-0.2, -0.15) is 0 Å². The smallest absolute Gasteiger partial charge is 0.262 e. The maximum atomic E-state index is 12.0. The Balaban J connectivity index is 1.61. The molecule has 0 aliphatic rings. The van der Waals surface area contributed by atoms with Gasteiger partial charge in [0.2, 0.25) is 0 Å². The van der Waals surface area contributed by atoms with E-state index in [0.29, 0.717) is 16.6 Å². The summed E-state index contributed by atoms with van der Waals surface area (Å²) in [6.07, 6.45) is 1.49. The van der Waals surface area contributed by atoms with Crippen LogP contribution in [0.25, 0.3) is 11.1 Å². The summed E-state index contributed by atoms with van der Waals surface area (Å²) in [6.45, 7) is -0.105. The number of aromatic nitrogens is 1. The van der Waals surface area contributed by atoms with Crippen LogP contribution in [0.5, 0.6) is 5.75 Å². The van der Waals surface area contributed by atoms with E-state index in [1.807, 2.05) is 48.5 Å². The van der Waals surface area contributed by atoms with Crippen LogP contribution >= 0.6 is 27.5 Å². The van der Waals surface area contributed by atoms with Gasteiger partial charge in [-0.1, -0.05) is 48.0 Å². The SMILES string of the molecule is O=C(COc1ccc(-c2ccccc2)cc1Br)Nc1ccc(Cl)nc1. The lowest BCUT2D eigenvalue weighted by atomic mass is 10.1. The van der Waals surface area contributed by atoms with Crippen LogP contribution in [-0.4, -0.2) is 17.5 Å². The van der Waals surface area contributed by atoms with Crippen molar-refractivity contribution < 1.29 is 9.53 Å². The molecule has 3 aromatic rings. The number of rotatable bonds is 5. The zero-order valence-electron chi connectivity index (χ0n) is 13.1. The molecular formula is C19H14BrClN2O2. The van der Waals surface area contributed by atoms with Crippen molar-refractivity contribution in [3.63, 3.8) is 0 Å². The molecule has 0 spiro atoms. The fourth-order valence-corrected chi connectivity index (χ4v) is 2.82. The van der Waals surface area contributed by atoms with Crippen LogP contribution in [0.2, 0.25) is 5.15 Å². The van der Waals surface area contributed by atoms with Crippen molar-refractivity contribution in [2.24, 2.45) is 0 Å². The highest BCUT2D eigenvalue weighted by Gasteiger charge is 2.08. The van der Waals surface area contributed by atoms with Gasteiger partial charge in [-0.05, 0) is 51.3 Å². The van der Waals surface area contributed by atoms with Gasteiger partial charge in [-0.3, -0.25) is 4.79 Å². The van der Waals surface area contributed by atoms with Gasteiger partial charge in [0.15, 0.2) is 6.61 Å². The predicted molar refractivity (Wildman–Crippen MR) is 103 cm³/mol. The Hall–Kier alpha value is -2.37. The number of nitrogens with one attached hydrogen (secondary N) is 1. The number of pyridine rings is 1. The minimum Gasteiger partial charge on any atom is -0.483 e. The van der Waals surface area contributed by atoms with Crippen LogP contribution in [0.3, 0.4) is 0 Å². The van der Waals surface area contributed by atoms with Crippen molar-refractivity contribution in [2.45, 2.75) is 0 Å². The Morgan fingerprint density at radius 1 is 1.08 bits per heavy atom. The third-order valence-corrected chi connectivity index (χ3v) is 4.25. The summed E-state index contributed by atoms with van der Waals surface area (Å²) in [4.78, 5) is 15.9. The molecule has 3 rings (SSSR count). The zero-order valence-corrected chi connectivity index (χ0v) is 15.4. The highest BCUT2D eigenvalue weighted by molar-refractivity contribution is 9.10. The van der Waals surface area contributed by atoms with Crippen LogP contribution in [0.15, 0.2) is 71.3 Å². The van der Waals surface area contributed by atoms with Crippen LogP contribution in [0.4, 0.5) is 5.69 Å². The van der Waals surface area contributed by atoms with E-state index < -0.39 is 0 Å². The predicted octanol–water partition coefficient (Wildman–Crippen LogP) is 5.18. The van der Waals surface area contributed by atoms with E-state index in [2.05, 4.69) is 26.2 Å². The molecule has 4 nitrogen and oxygen atoms in total. The maximum absolute atomic E-state index is 12.0. The minimum atomic E-state index is -0.275. The van der Waals surface area contributed by atoms with Gasteiger partial charge in [0.1, 0.15) is 10.9 Å². The number of benzene rings is 2. The summed E-state index contributed by atoms with van der Waals surface area (Å²) in [5.74, 6) is 0.326. The second kappa shape index (κ2) is 8.14. The van der Waals surface area contributed by atoms with E-state index in [1.165, 1.54) is 6.20 Å². The van der Waals surface area contributed by atoms with Crippen molar-refractivity contribution in [2.75, 3.05) is 11.9 Å². The fourth-order valence-electron chi connectivity index (χ4n) is 2.22. The molecule has 25 heavy (non-hydrogen) atoms. The van der Waals surface area contributed by atoms with Crippen molar-refractivity contribution in [1.29, 1.82) is 0 Å². The van der Waals surface area contributed by atoms with E-state index in [9.17, 15) is 4.79 Å². The largest absolute Gasteiger partial charge is 0.483 e. The second-order valence-electron chi connectivity index (χ2n) is 5.22. The molecule has 126 valence electrons. The highest BCUT2D eigenvalue weighted by atomic mass is 79.9. The summed E-state index contributed by atoms with van der Waals surface area (Å²) in [5.41, 5.74) is 2.75. The quantitative estimate of drug-likeness (QED) is 0.582. The van der Waals surface area contributed by atoms with E-state index in [-0.39, 0.29) is 12.5 Å². The summed E-state index contributed by atoms with van der Waals surface area (Å²) < 4.78 is 6.37. The lowest BCUT2D eigenvalue weighted by Gasteiger charge is -2.10. The number of carbonyl (C=O) groups is 1. The Labute approximate surface area is 158 Å². The van der Waals surface area contributed by atoms with Crippen LogP contribution in [0, 0.1) is 0 Å². The summed E-state index contributed by atoms with van der Waals surface area (Å²) >= 11 is 9.20. The molecule has 1 amide bonds. The maximum Gasteiger partial charge on any atom is 0.262 e. The Bertz CT molecular complexity index is 870. The van der Waals surface area contributed by atoms with E-state index in [1.54, 1.807) is 12.1 Å². The molecule has 0 aliphatic carbocycles. The van der Waals surface area contributed by atoms with Gasteiger partial charge < -0.3 is 10.1 Å². The number of ether oxygens (including phenoxy) is 1. The number of anilines is 1. The standard InChI is InChI=1S/C19H14BrClN2O2/c20-16-10-14(13-4-2-1-3-5-13)6-8-17(16)25-12-19(24)23-15-7-9-18(21)22-11-15/h1-11H,12H2,(H,23,24). The molecular weight excluding hydrogens is 404 g/mol. The second-order valence-corrected chi connectivity index (χ2v) is 6.46. The lowest BCUT2D eigenvalue weighted by Crippen LogP contribution is -2.20. The monoisotopic (exact) mass is 416 g/mol. The van der Waals surface area contributed by atoms with Crippen LogP contribution in [0.1, 0.15) is 0 Å². The van der Waals surface area contributed by atoms with E-state index in [0.717, 1.165) is 15.6 Å². The molecule has 0 saturated heterocycles. The summed E-state index contributed by atoms with van der Waals surface area (Å²) in [6, 6.07) is 19.1. The molecule has 0 fully saturated rings. The number of nitrogens with zero attached hydrogens (tertiary/aromatic N) is 1. The average Bonchev–Trinajstić information content (AvgIpc) is 2.63. The first-order valence-corrected chi connectivity index (χ1v) is 8.68. The third-order valence-electron chi connectivity index (χ3n) is 3.41. The van der Waals surface area contributed by atoms with Gasteiger partial charge in [-0.25, -0.2) is 4.98 Å². The molecule has 0 atom stereocenters. The molecule has 1 N–H and O–H groups in total. The highest BCUT2D eigenvalue weighted by Crippen LogP contribution is 2.30. The van der Waals surface area contributed by atoms with Crippen molar-refractivity contribution in [1.82, 2.24) is 4.98 Å². The molecule has 0 saturated carbocycles. The topological polar surface area (TPSA) is 51.2 Å². The number of halogens is 2. The van der Waals surface area contributed by atoms with Crippen LogP contribution in [-0.2, 0) is 4.79 Å². The van der Waals surface area contributed by atoms with E-state index in [4.69, 9.17) is 16.3 Å². The molecule has 2 aromatic carbocycles. The Morgan fingerprint density at radius 2 is 1.88 bits per heavy atom. The molecule has 0 unspecified atom stereocenters. The zero-order chi connectivity index (χ0) is 17.6. The normalized spacial score (nSPS) is 10.3. The Kier molecular flexibility index (Phi) is 5.68. The van der Waals surface area contributed by atoms with Gasteiger partial charge >= 0.3 is 0 Å². The molecule has 1 heterocycles. The molecule has 0 bridgehead atoms. The van der Waals surface area contributed by atoms with Gasteiger partial charge in [-0.15, -0.1) is 0 Å². The first-order chi connectivity index (χ1) is 12.1. The number of carbonyl (C=O) groups excluding carboxylic acids is 1. The molecule has 1 aromatic heterocycles. The van der Waals surface area contributed by atoms with Gasteiger partial charge in [0.05, 0.1) is 16.4 Å². The van der Waals surface area contributed by atoms with Crippen molar-refractivity contribution >= 4 is 39.1 Å². The number of amides is 1. The molecule has 0 radical (unpaired) electrons. The van der Waals surface area contributed by atoms with Crippen molar-refractivity contribution in [3.05, 3.63) is 76.5 Å². The average molecular weight is 418 g/mol. The first-order valence-electron chi connectivity index (χ1n) is 7.51. The van der Waals surface area contributed by atoms with Gasteiger partial charge in [0, 0.05) is 0 Å². The van der Waals surface area contributed by atoms with E-state index >= 15 is 0 Å². The Morgan fingerprint density at radius 3 is 2.56 bits per heavy atom. The molecule has 0 aliphatic heterocycles. The molecule has 6 heteroatoms. The number of hydrogen-bond acceptors (Lipinski definition) is 3. The third kappa shape index (κ3) is 4.81. The fraction of sp³-hybridized carbons (Fsp3) is 0.0526. The summed E-state index contributed by atoms with van der Waals surface area (Å²) in [7, 11) is 0. The first kappa shape index (κ1) is 17.5. The van der Waals surface area contributed by atoms with Gasteiger partial charge in [0.25, 0.3) is 5.91 Å². The minimum absolute atomic E-state index is 0.105.